The Morgan fingerprint density at radius 1 is 1.19 bits per heavy atom. The van der Waals surface area contributed by atoms with E-state index in [0.717, 1.165) is 5.56 Å². The van der Waals surface area contributed by atoms with Gasteiger partial charge in [-0.2, -0.15) is 0 Å². The highest BCUT2D eigenvalue weighted by molar-refractivity contribution is 6.12. The van der Waals surface area contributed by atoms with Gasteiger partial charge in [-0.15, -0.1) is 0 Å². The summed E-state index contributed by atoms with van der Waals surface area (Å²) in [5, 5.41) is 19.0. The van der Waals surface area contributed by atoms with E-state index in [1.807, 2.05) is 0 Å². The molecule has 2 N–H and O–H groups in total. The highest BCUT2D eigenvalue weighted by Crippen LogP contribution is 2.23. The molecule has 26 heavy (non-hydrogen) atoms. The average molecular weight is 359 g/mol. The van der Waals surface area contributed by atoms with E-state index in [2.05, 4.69) is 0 Å². The molecule has 6 nitrogen and oxygen atoms in total. The third kappa shape index (κ3) is 3.67. The Balaban J connectivity index is 1.75. The van der Waals surface area contributed by atoms with Crippen LogP contribution in [0.1, 0.15) is 28.3 Å². The summed E-state index contributed by atoms with van der Waals surface area (Å²) in [6.07, 6.45) is 0.576. The minimum Gasteiger partial charge on any atom is -0.503 e. The van der Waals surface area contributed by atoms with Gasteiger partial charge >= 0.3 is 0 Å². The molecule has 0 fully saturated rings. The lowest BCUT2D eigenvalue weighted by molar-refractivity contribution is -0.131. The van der Waals surface area contributed by atoms with E-state index in [0.29, 0.717) is 12.2 Å². The summed E-state index contributed by atoms with van der Waals surface area (Å²) in [5.74, 6) is -1.59. The summed E-state index contributed by atoms with van der Waals surface area (Å²) >= 11 is 0. The number of hydrogen-bond acceptors (Lipinski definition) is 5. The molecular weight excluding hydrogens is 341 g/mol. The Morgan fingerprint density at radius 3 is 2.62 bits per heavy atom. The Kier molecular flexibility index (Phi) is 5.18. The summed E-state index contributed by atoms with van der Waals surface area (Å²) in [7, 11) is 0. The SMILES string of the molecule is O=C(C1=C(O)C(=O)N(CCO)CC1)c1ccc(Cc2ccc(F)cc2)o1. The zero-order chi connectivity index (χ0) is 18.7. The number of carbonyl (C=O) groups is 2. The molecule has 1 aromatic carbocycles. The third-order valence-corrected chi connectivity index (χ3v) is 4.23. The van der Waals surface area contributed by atoms with Gasteiger partial charge in [0.05, 0.1) is 12.2 Å². The van der Waals surface area contributed by atoms with Crippen molar-refractivity contribution in [2.75, 3.05) is 19.7 Å². The molecule has 0 spiro atoms. The van der Waals surface area contributed by atoms with Crippen molar-refractivity contribution in [2.24, 2.45) is 0 Å². The van der Waals surface area contributed by atoms with E-state index in [-0.39, 0.29) is 43.3 Å². The molecule has 1 aromatic heterocycles. The van der Waals surface area contributed by atoms with Gasteiger partial charge in [-0.3, -0.25) is 9.59 Å². The first-order valence-corrected chi connectivity index (χ1v) is 8.19. The molecule has 0 atom stereocenters. The highest BCUT2D eigenvalue weighted by atomic mass is 19.1. The molecule has 1 amide bonds. The van der Waals surface area contributed by atoms with Crippen molar-refractivity contribution in [3.05, 3.63) is 70.6 Å². The maximum Gasteiger partial charge on any atom is 0.289 e. The van der Waals surface area contributed by atoms with Crippen LogP contribution in [0.4, 0.5) is 4.39 Å². The summed E-state index contributed by atoms with van der Waals surface area (Å²) in [6, 6.07) is 9.08. The number of β-amino-alcohol motifs (C(OH)–C–C–N with tert-alkyl or cyclic N) is 1. The summed E-state index contributed by atoms with van der Waals surface area (Å²) < 4.78 is 18.5. The van der Waals surface area contributed by atoms with Crippen LogP contribution < -0.4 is 0 Å². The van der Waals surface area contributed by atoms with Gasteiger partial charge in [0.1, 0.15) is 11.6 Å². The van der Waals surface area contributed by atoms with Crippen LogP contribution in [0.2, 0.25) is 0 Å². The van der Waals surface area contributed by atoms with Crippen molar-refractivity contribution in [1.82, 2.24) is 4.90 Å². The molecule has 0 aliphatic carbocycles. The van der Waals surface area contributed by atoms with Gasteiger partial charge in [-0.25, -0.2) is 4.39 Å². The summed E-state index contributed by atoms with van der Waals surface area (Å²) in [4.78, 5) is 25.9. The normalized spacial score (nSPS) is 14.8. The zero-order valence-corrected chi connectivity index (χ0v) is 13.9. The maximum absolute atomic E-state index is 12.9. The molecule has 7 heteroatoms. The Morgan fingerprint density at radius 2 is 1.92 bits per heavy atom. The molecular formula is C19H18FNO5. The number of Topliss-reactive ketones (excluding diaryl/α,β-unsaturated/α-hetero) is 1. The summed E-state index contributed by atoms with van der Waals surface area (Å²) in [6.45, 7) is 0.133. The number of halogens is 1. The average Bonchev–Trinajstić information content (AvgIpc) is 3.09. The van der Waals surface area contributed by atoms with Gasteiger partial charge in [-0.1, -0.05) is 12.1 Å². The molecule has 0 saturated heterocycles. The monoisotopic (exact) mass is 359 g/mol. The number of nitrogens with zero attached hydrogens (tertiary/aromatic N) is 1. The minimum absolute atomic E-state index is 0.00636. The minimum atomic E-state index is -0.674. The van der Waals surface area contributed by atoms with Crippen LogP contribution in [0.15, 0.2) is 52.1 Å². The van der Waals surface area contributed by atoms with Gasteiger partial charge < -0.3 is 19.5 Å². The van der Waals surface area contributed by atoms with Crippen molar-refractivity contribution >= 4 is 11.7 Å². The van der Waals surface area contributed by atoms with E-state index in [4.69, 9.17) is 9.52 Å². The molecule has 0 bridgehead atoms. The molecule has 1 aliphatic heterocycles. The second-order valence-corrected chi connectivity index (χ2v) is 5.99. The number of furan rings is 1. The lowest BCUT2D eigenvalue weighted by Crippen LogP contribution is -2.40. The van der Waals surface area contributed by atoms with Crippen LogP contribution in [0, 0.1) is 5.82 Å². The number of amides is 1. The fourth-order valence-electron chi connectivity index (χ4n) is 2.85. The van der Waals surface area contributed by atoms with Crippen LogP contribution in [-0.2, 0) is 11.2 Å². The van der Waals surface area contributed by atoms with Crippen LogP contribution in [0.3, 0.4) is 0 Å². The lowest BCUT2D eigenvalue weighted by Gasteiger charge is -2.26. The fourth-order valence-corrected chi connectivity index (χ4v) is 2.85. The Bertz CT molecular complexity index is 853. The molecule has 1 aliphatic rings. The van der Waals surface area contributed by atoms with Crippen LogP contribution in [-0.4, -0.2) is 46.5 Å². The molecule has 3 rings (SSSR count). The van der Waals surface area contributed by atoms with Gasteiger partial charge in [0.25, 0.3) is 5.91 Å². The van der Waals surface area contributed by atoms with E-state index < -0.39 is 17.4 Å². The predicted octanol–water partition coefficient (Wildman–Crippen LogP) is 2.23. The Labute approximate surface area is 149 Å². The molecule has 2 aromatic rings. The molecule has 0 unspecified atom stereocenters. The van der Waals surface area contributed by atoms with Crippen molar-refractivity contribution in [2.45, 2.75) is 12.8 Å². The standard InChI is InChI=1S/C19H18FNO5/c20-13-3-1-12(2-4-13)11-14-5-6-16(26-14)17(23)15-7-8-21(9-10-22)19(25)18(15)24/h1-6,22,24H,7-11H2. The van der Waals surface area contributed by atoms with Crippen LogP contribution in [0.25, 0.3) is 0 Å². The quantitative estimate of drug-likeness (QED) is 0.772. The smallest absolute Gasteiger partial charge is 0.289 e. The maximum atomic E-state index is 12.9. The second-order valence-electron chi connectivity index (χ2n) is 5.99. The number of ketones is 1. The molecule has 2 heterocycles. The zero-order valence-electron chi connectivity index (χ0n) is 13.9. The molecule has 0 saturated carbocycles. The van der Waals surface area contributed by atoms with E-state index >= 15 is 0 Å². The summed E-state index contributed by atoms with van der Waals surface area (Å²) in [5.41, 5.74) is 0.834. The second kappa shape index (κ2) is 7.53. The van der Waals surface area contributed by atoms with Crippen LogP contribution >= 0.6 is 0 Å². The number of aliphatic hydroxyl groups is 2. The van der Waals surface area contributed by atoms with Crippen molar-refractivity contribution in [1.29, 1.82) is 0 Å². The fraction of sp³-hybridized carbons (Fsp3) is 0.263. The van der Waals surface area contributed by atoms with E-state index in [9.17, 15) is 19.1 Å². The number of aliphatic hydroxyl groups excluding tert-OH is 2. The first-order valence-electron chi connectivity index (χ1n) is 8.19. The largest absolute Gasteiger partial charge is 0.503 e. The Hall–Kier alpha value is -2.93. The van der Waals surface area contributed by atoms with Gasteiger partial charge in [0.2, 0.25) is 5.78 Å². The van der Waals surface area contributed by atoms with Gasteiger partial charge in [0.15, 0.2) is 11.5 Å². The number of hydrogen-bond donors (Lipinski definition) is 2. The lowest BCUT2D eigenvalue weighted by atomic mass is 10.00. The van der Waals surface area contributed by atoms with Crippen molar-refractivity contribution in [3.63, 3.8) is 0 Å². The topological polar surface area (TPSA) is 91.0 Å². The number of carbonyl (C=O) groups excluding carboxylic acids is 2. The highest BCUT2D eigenvalue weighted by Gasteiger charge is 2.31. The first kappa shape index (κ1) is 17.9. The predicted molar refractivity (Wildman–Crippen MR) is 90.2 cm³/mol. The van der Waals surface area contributed by atoms with Gasteiger partial charge in [0, 0.05) is 19.5 Å². The first-order chi connectivity index (χ1) is 12.5. The van der Waals surface area contributed by atoms with Gasteiger partial charge in [-0.05, 0) is 36.2 Å². The van der Waals surface area contributed by atoms with E-state index in [1.54, 1.807) is 18.2 Å². The third-order valence-electron chi connectivity index (χ3n) is 4.23. The molecule has 136 valence electrons. The molecule has 0 radical (unpaired) electrons. The van der Waals surface area contributed by atoms with E-state index in [1.165, 1.54) is 23.1 Å². The van der Waals surface area contributed by atoms with Crippen molar-refractivity contribution in [3.8, 4) is 0 Å². The number of rotatable bonds is 6. The van der Waals surface area contributed by atoms with Crippen LogP contribution in [0.5, 0.6) is 0 Å². The number of benzene rings is 1. The van der Waals surface area contributed by atoms with Crippen molar-refractivity contribution < 1.29 is 28.6 Å².